The summed E-state index contributed by atoms with van der Waals surface area (Å²) in [5.74, 6) is 0.933. The minimum Gasteiger partial charge on any atom is -0.352 e. The Bertz CT molecular complexity index is 597. The Morgan fingerprint density at radius 3 is 2.50 bits per heavy atom. The highest BCUT2D eigenvalue weighted by molar-refractivity contribution is 5.76. The van der Waals surface area contributed by atoms with Gasteiger partial charge in [0.1, 0.15) is 0 Å². The van der Waals surface area contributed by atoms with E-state index in [1.807, 2.05) is 11.0 Å². The Morgan fingerprint density at radius 1 is 1.08 bits per heavy atom. The molecule has 2 aliphatic rings. The second-order valence-corrected chi connectivity index (χ2v) is 7.76. The van der Waals surface area contributed by atoms with Crippen LogP contribution in [0, 0.1) is 5.92 Å². The van der Waals surface area contributed by atoms with Crippen molar-refractivity contribution < 1.29 is 9.59 Å². The van der Waals surface area contributed by atoms with Crippen molar-refractivity contribution in [1.82, 2.24) is 15.1 Å². The molecule has 142 valence electrons. The molecule has 1 atom stereocenters. The van der Waals surface area contributed by atoms with E-state index in [-0.39, 0.29) is 17.9 Å². The first kappa shape index (κ1) is 18.9. The van der Waals surface area contributed by atoms with E-state index in [0.29, 0.717) is 12.3 Å². The lowest BCUT2D eigenvalue weighted by molar-refractivity contribution is -0.130. The molecule has 2 saturated heterocycles. The SMILES string of the molecule is CC(=O)N1CCC(CCC(=O)N[C@@H]2CCN(Cc3ccccc3)C2)CC1. The molecule has 0 spiro atoms. The Hall–Kier alpha value is -1.88. The molecule has 5 nitrogen and oxygen atoms in total. The summed E-state index contributed by atoms with van der Waals surface area (Å²) in [6.07, 6.45) is 4.65. The maximum Gasteiger partial charge on any atom is 0.220 e. The maximum absolute atomic E-state index is 12.3. The molecule has 26 heavy (non-hydrogen) atoms. The Morgan fingerprint density at radius 2 is 1.81 bits per heavy atom. The zero-order valence-electron chi connectivity index (χ0n) is 15.8. The number of carbonyl (C=O) groups is 2. The van der Waals surface area contributed by atoms with Crippen LogP contribution in [0.25, 0.3) is 0 Å². The second kappa shape index (κ2) is 9.17. The summed E-state index contributed by atoms with van der Waals surface area (Å²) >= 11 is 0. The molecule has 0 aliphatic carbocycles. The van der Waals surface area contributed by atoms with E-state index >= 15 is 0 Å². The van der Waals surface area contributed by atoms with E-state index in [1.54, 1.807) is 6.92 Å². The zero-order chi connectivity index (χ0) is 18.4. The number of nitrogens with one attached hydrogen (secondary N) is 1. The summed E-state index contributed by atoms with van der Waals surface area (Å²) in [4.78, 5) is 28.0. The van der Waals surface area contributed by atoms with Gasteiger partial charge in [-0.1, -0.05) is 30.3 Å². The van der Waals surface area contributed by atoms with Gasteiger partial charge in [-0.2, -0.15) is 0 Å². The van der Waals surface area contributed by atoms with Crippen LogP contribution in [0.4, 0.5) is 0 Å². The number of piperidine rings is 1. The minimum absolute atomic E-state index is 0.169. The number of benzene rings is 1. The van der Waals surface area contributed by atoms with Crippen LogP contribution in [-0.4, -0.2) is 53.8 Å². The summed E-state index contributed by atoms with van der Waals surface area (Å²) in [7, 11) is 0. The molecule has 1 aromatic rings. The van der Waals surface area contributed by atoms with Gasteiger partial charge in [0, 0.05) is 52.1 Å². The molecule has 0 saturated carbocycles. The summed E-state index contributed by atoms with van der Waals surface area (Å²) in [6, 6.07) is 10.8. The van der Waals surface area contributed by atoms with Gasteiger partial charge in [-0.25, -0.2) is 0 Å². The van der Waals surface area contributed by atoms with E-state index in [4.69, 9.17) is 0 Å². The molecule has 0 bridgehead atoms. The lowest BCUT2D eigenvalue weighted by Crippen LogP contribution is -2.38. The van der Waals surface area contributed by atoms with Crippen molar-refractivity contribution >= 4 is 11.8 Å². The van der Waals surface area contributed by atoms with E-state index in [9.17, 15) is 9.59 Å². The first-order valence-electron chi connectivity index (χ1n) is 9.91. The normalized spacial score (nSPS) is 21.7. The Kier molecular flexibility index (Phi) is 6.67. The molecular weight excluding hydrogens is 326 g/mol. The molecule has 2 amide bonds. The third-order valence-electron chi connectivity index (χ3n) is 5.73. The van der Waals surface area contributed by atoms with Crippen molar-refractivity contribution in [3.05, 3.63) is 35.9 Å². The summed E-state index contributed by atoms with van der Waals surface area (Å²) in [6.45, 7) is 6.27. The molecule has 3 rings (SSSR count). The van der Waals surface area contributed by atoms with Crippen LogP contribution in [0.2, 0.25) is 0 Å². The van der Waals surface area contributed by atoms with Crippen LogP contribution in [0.3, 0.4) is 0 Å². The fourth-order valence-corrected chi connectivity index (χ4v) is 4.11. The molecule has 2 aliphatic heterocycles. The lowest BCUT2D eigenvalue weighted by atomic mass is 9.92. The van der Waals surface area contributed by atoms with Gasteiger partial charge in [-0.3, -0.25) is 14.5 Å². The van der Waals surface area contributed by atoms with E-state index < -0.39 is 0 Å². The minimum atomic E-state index is 0.169. The number of rotatable bonds is 6. The number of hydrogen-bond acceptors (Lipinski definition) is 3. The van der Waals surface area contributed by atoms with Gasteiger partial charge in [-0.05, 0) is 37.2 Å². The van der Waals surface area contributed by atoms with Gasteiger partial charge in [0.25, 0.3) is 0 Å². The number of carbonyl (C=O) groups excluding carboxylic acids is 2. The van der Waals surface area contributed by atoms with Gasteiger partial charge in [0.2, 0.25) is 11.8 Å². The second-order valence-electron chi connectivity index (χ2n) is 7.76. The van der Waals surface area contributed by atoms with E-state index in [1.165, 1.54) is 5.56 Å². The van der Waals surface area contributed by atoms with Crippen molar-refractivity contribution in [2.45, 2.75) is 51.6 Å². The molecule has 0 radical (unpaired) electrons. The largest absolute Gasteiger partial charge is 0.352 e. The zero-order valence-corrected chi connectivity index (χ0v) is 15.8. The molecule has 0 unspecified atom stereocenters. The molecule has 0 aromatic heterocycles. The highest BCUT2D eigenvalue weighted by atomic mass is 16.2. The number of hydrogen-bond donors (Lipinski definition) is 1. The van der Waals surface area contributed by atoms with Crippen LogP contribution in [-0.2, 0) is 16.1 Å². The van der Waals surface area contributed by atoms with Crippen LogP contribution in [0.1, 0.15) is 44.6 Å². The van der Waals surface area contributed by atoms with Crippen molar-refractivity contribution in [1.29, 1.82) is 0 Å². The van der Waals surface area contributed by atoms with Gasteiger partial charge in [-0.15, -0.1) is 0 Å². The van der Waals surface area contributed by atoms with Crippen LogP contribution >= 0.6 is 0 Å². The average molecular weight is 357 g/mol. The highest BCUT2D eigenvalue weighted by Gasteiger charge is 2.25. The van der Waals surface area contributed by atoms with Crippen molar-refractivity contribution in [2.24, 2.45) is 5.92 Å². The van der Waals surface area contributed by atoms with Crippen molar-refractivity contribution in [3.63, 3.8) is 0 Å². The van der Waals surface area contributed by atoms with Gasteiger partial charge in [0.05, 0.1) is 0 Å². The maximum atomic E-state index is 12.3. The molecule has 1 N–H and O–H groups in total. The standard InChI is InChI=1S/C21H31N3O2/c1-17(25)24-13-9-18(10-14-24)7-8-21(26)22-20-11-12-23(16-20)15-19-5-3-2-4-6-19/h2-6,18,20H,7-16H2,1H3,(H,22,26)/t20-/m1/s1. The average Bonchev–Trinajstić information content (AvgIpc) is 3.08. The number of amides is 2. The smallest absolute Gasteiger partial charge is 0.220 e. The summed E-state index contributed by atoms with van der Waals surface area (Å²) in [5.41, 5.74) is 1.33. The lowest BCUT2D eigenvalue weighted by Gasteiger charge is -2.31. The Balaban J connectivity index is 1.32. The first-order valence-corrected chi connectivity index (χ1v) is 9.91. The molecule has 2 heterocycles. The quantitative estimate of drug-likeness (QED) is 0.851. The van der Waals surface area contributed by atoms with Gasteiger partial charge in [0.15, 0.2) is 0 Å². The molecule has 5 heteroatoms. The molecule has 2 fully saturated rings. The van der Waals surface area contributed by atoms with Crippen LogP contribution < -0.4 is 5.32 Å². The van der Waals surface area contributed by atoms with Crippen molar-refractivity contribution in [3.8, 4) is 0 Å². The fourth-order valence-electron chi connectivity index (χ4n) is 4.11. The Labute approximate surface area is 156 Å². The molecular formula is C21H31N3O2. The predicted octanol–water partition coefficient (Wildman–Crippen LogP) is 2.42. The highest BCUT2D eigenvalue weighted by Crippen LogP contribution is 2.22. The monoisotopic (exact) mass is 357 g/mol. The third kappa shape index (κ3) is 5.56. The first-order chi connectivity index (χ1) is 12.6. The third-order valence-corrected chi connectivity index (χ3v) is 5.73. The van der Waals surface area contributed by atoms with Crippen LogP contribution in [0.5, 0.6) is 0 Å². The predicted molar refractivity (Wildman–Crippen MR) is 102 cm³/mol. The van der Waals surface area contributed by atoms with E-state index in [2.05, 4.69) is 34.5 Å². The number of nitrogens with zero attached hydrogens (tertiary/aromatic N) is 2. The van der Waals surface area contributed by atoms with E-state index in [0.717, 1.165) is 58.4 Å². The fraction of sp³-hybridized carbons (Fsp3) is 0.619. The molecule has 1 aromatic carbocycles. The number of likely N-dealkylation sites (tertiary alicyclic amines) is 2. The van der Waals surface area contributed by atoms with Crippen LogP contribution in [0.15, 0.2) is 30.3 Å². The van der Waals surface area contributed by atoms with Crippen molar-refractivity contribution in [2.75, 3.05) is 26.2 Å². The van der Waals surface area contributed by atoms with Gasteiger partial charge >= 0.3 is 0 Å². The summed E-state index contributed by atoms with van der Waals surface area (Å²) in [5, 5.41) is 3.22. The topological polar surface area (TPSA) is 52.7 Å². The summed E-state index contributed by atoms with van der Waals surface area (Å²) < 4.78 is 0. The van der Waals surface area contributed by atoms with Gasteiger partial charge < -0.3 is 10.2 Å².